The lowest BCUT2D eigenvalue weighted by Gasteiger charge is -2.18. The third-order valence-electron chi connectivity index (χ3n) is 4.16. The zero-order valence-corrected chi connectivity index (χ0v) is 14.7. The van der Waals surface area contributed by atoms with Gasteiger partial charge < -0.3 is 10.2 Å². The SMILES string of the molecule is CN(CCc1ccccc1)C(=O)NCCc1csc2ccccc12. The molecule has 3 rings (SSSR count). The third-order valence-corrected chi connectivity index (χ3v) is 5.17. The van der Waals surface area contributed by atoms with Crippen molar-refractivity contribution in [1.82, 2.24) is 10.2 Å². The zero-order chi connectivity index (χ0) is 16.8. The van der Waals surface area contributed by atoms with Gasteiger partial charge in [-0.3, -0.25) is 0 Å². The van der Waals surface area contributed by atoms with Crippen molar-refractivity contribution in [3.05, 3.63) is 71.1 Å². The van der Waals surface area contributed by atoms with E-state index in [9.17, 15) is 4.79 Å². The molecule has 0 saturated carbocycles. The first-order chi connectivity index (χ1) is 11.7. The maximum atomic E-state index is 12.2. The van der Waals surface area contributed by atoms with Gasteiger partial charge in [0.05, 0.1) is 0 Å². The van der Waals surface area contributed by atoms with Crippen molar-refractivity contribution in [3.63, 3.8) is 0 Å². The number of benzene rings is 2. The Morgan fingerprint density at radius 3 is 2.62 bits per heavy atom. The number of carbonyl (C=O) groups is 1. The molecule has 0 spiro atoms. The molecule has 2 amide bonds. The van der Waals surface area contributed by atoms with Gasteiger partial charge in [-0.25, -0.2) is 4.79 Å². The van der Waals surface area contributed by atoms with Gasteiger partial charge in [-0.1, -0.05) is 48.5 Å². The number of hydrogen-bond acceptors (Lipinski definition) is 2. The molecule has 0 atom stereocenters. The Bertz CT molecular complexity index is 798. The van der Waals surface area contributed by atoms with Gasteiger partial charge >= 0.3 is 6.03 Å². The monoisotopic (exact) mass is 338 g/mol. The number of nitrogens with one attached hydrogen (secondary N) is 1. The molecule has 4 heteroatoms. The van der Waals surface area contributed by atoms with E-state index in [-0.39, 0.29) is 6.03 Å². The summed E-state index contributed by atoms with van der Waals surface area (Å²) in [6, 6.07) is 18.6. The number of urea groups is 1. The van der Waals surface area contributed by atoms with Crippen molar-refractivity contribution < 1.29 is 4.79 Å². The first-order valence-electron chi connectivity index (χ1n) is 8.22. The molecule has 124 valence electrons. The van der Waals surface area contributed by atoms with Crippen LogP contribution in [0.1, 0.15) is 11.1 Å². The van der Waals surface area contributed by atoms with Gasteiger partial charge in [-0.15, -0.1) is 11.3 Å². The van der Waals surface area contributed by atoms with Crippen molar-refractivity contribution in [3.8, 4) is 0 Å². The highest BCUT2D eigenvalue weighted by molar-refractivity contribution is 7.17. The summed E-state index contributed by atoms with van der Waals surface area (Å²) in [5, 5.41) is 6.50. The summed E-state index contributed by atoms with van der Waals surface area (Å²) in [7, 11) is 1.85. The minimum absolute atomic E-state index is 0.00883. The Balaban J connectivity index is 1.45. The van der Waals surface area contributed by atoms with Crippen LogP contribution in [0.15, 0.2) is 60.0 Å². The maximum absolute atomic E-state index is 12.2. The number of carbonyl (C=O) groups excluding carboxylic acids is 1. The molecule has 0 unspecified atom stereocenters. The molecule has 0 aliphatic heterocycles. The lowest BCUT2D eigenvalue weighted by atomic mass is 10.1. The summed E-state index contributed by atoms with van der Waals surface area (Å²) >= 11 is 1.76. The van der Waals surface area contributed by atoms with Crippen LogP contribution >= 0.6 is 11.3 Å². The van der Waals surface area contributed by atoms with E-state index in [1.54, 1.807) is 16.2 Å². The minimum Gasteiger partial charge on any atom is -0.338 e. The average molecular weight is 338 g/mol. The first-order valence-corrected chi connectivity index (χ1v) is 9.10. The fourth-order valence-electron chi connectivity index (χ4n) is 2.71. The lowest BCUT2D eigenvalue weighted by Crippen LogP contribution is -2.39. The van der Waals surface area contributed by atoms with Crippen LogP contribution < -0.4 is 5.32 Å². The average Bonchev–Trinajstić information content (AvgIpc) is 3.04. The highest BCUT2D eigenvalue weighted by atomic mass is 32.1. The molecule has 0 aliphatic carbocycles. The second kappa shape index (κ2) is 7.97. The summed E-state index contributed by atoms with van der Waals surface area (Å²) in [4.78, 5) is 13.9. The Morgan fingerprint density at radius 2 is 1.79 bits per heavy atom. The summed E-state index contributed by atoms with van der Waals surface area (Å²) in [6.07, 6.45) is 1.74. The summed E-state index contributed by atoms with van der Waals surface area (Å²) in [5.74, 6) is 0. The number of rotatable bonds is 6. The van der Waals surface area contributed by atoms with Crippen LogP contribution in [0.2, 0.25) is 0 Å². The summed E-state index contributed by atoms with van der Waals surface area (Å²) in [5.41, 5.74) is 2.56. The van der Waals surface area contributed by atoms with Crippen molar-refractivity contribution in [2.75, 3.05) is 20.1 Å². The molecular formula is C20H22N2OS. The lowest BCUT2D eigenvalue weighted by molar-refractivity contribution is 0.209. The fourth-order valence-corrected chi connectivity index (χ4v) is 3.71. The molecule has 0 aliphatic rings. The summed E-state index contributed by atoms with van der Waals surface area (Å²) < 4.78 is 1.30. The maximum Gasteiger partial charge on any atom is 0.317 e. The normalized spacial score (nSPS) is 10.7. The largest absolute Gasteiger partial charge is 0.338 e. The molecule has 1 N–H and O–H groups in total. The van der Waals surface area contributed by atoms with Crippen LogP contribution in [0.5, 0.6) is 0 Å². The number of thiophene rings is 1. The number of likely N-dealkylation sites (N-methyl/N-ethyl adjacent to an activating group) is 1. The molecule has 3 aromatic rings. The molecule has 0 bridgehead atoms. The van der Waals surface area contributed by atoms with Crippen LogP contribution in [-0.2, 0) is 12.8 Å². The van der Waals surface area contributed by atoms with E-state index < -0.39 is 0 Å². The highest BCUT2D eigenvalue weighted by Gasteiger charge is 2.09. The molecule has 1 heterocycles. The van der Waals surface area contributed by atoms with Gasteiger partial charge in [0, 0.05) is 24.8 Å². The van der Waals surface area contributed by atoms with E-state index in [4.69, 9.17) is 0 Å². The number of hydrogen-bond donors (Lipinski definition) is 1. The predicted octanol–water partition coefficient (Wildman–Crippen LogP) is 4.33. The van der Waals surface area contributed by atoms with Crippen molar-refractivity contribution in [2.45, 2.75) is 12.8 Å². The van der Waals surface area contributed by atoms with E-state index in [2.05, 4.69) is 47.1 Å². The van der Waals surface area contributed by atoms with E-state index >= 15 is 0 Å². The molecule has 0 radical (unpaired) electrons. The van der Waals surface area contributed by atoms with E-state index in [0.29, 0.717) is 6.54 Å². The second-order valence-corrected chi connectivity index (χ2v) is 6.81. The molecule has 0 fully saturated rings. The van der Waals surface area contributed by atoms with Crippen LogP contribution in [0.4, 0.5) is 4.79 Å². The fraction of sp³-hybridized carbons (Fsp3) is 0.250. The van der Waals surface area contributed by atoms with Crippen LogP contribution in [0.3, 0.4) is 0 Å². The summed E-state index contributed by atoms with van der Waals surface area (Å²) in [6.45, 7) is 1.38. The molecule has 24 heavy (non-hydrogen) atoms. The number of fused-ring (bicyclic) bond motifs is 1. The van der Waals surface area contributed by atoms with Crippen molar-refractivity contribution in [2.24, 2.45) is 0 Å². The topological polar surface area (TPSA) is 32.3 Å². The van der Waals surface area contributed by atoms with Gasteiger partial charge in [0.25, 0.3) is 0 Å². The minimum atomic E-state index is -0.00883. The second-order valence-electron chi connectivity index (χ2n) is 5.90. The van der Waals surface area contributed by atoms with E-state index in [1.165, 1.54) is 21.2 Å². The number of amides is 2. The molecule has 2 aromatic carbocycles. The molecule has 1 aromatic heterocycles. The van der Waals surface area contributed by atoms with Crippen molar-refractivity contribution >= 4 is 27.5 Å². The van der Waals surface area contributed by atoms with Crippen LogP contribution in [-0.4, -0.2) is 31.1 Å². The van der Waals surface area contributed by atoms with E-state index in [0.717, 1.165) is 19.4 Å². The van der Waals surface area contributed by atoms with Gasteiger partial charge in [-0.2, -0.15) is 0 Å². The van der Waals surface area contributed by atoms with Crippen molar-refractivity contribution in [1.29, 1.82) is 0 Å². The van der Waals surface area contributed by atoms with Gasteiger partial charge in [0.1, 0.15) is 0 Å². The number of nitrogens with zero attached hydrogens (tertiary/aromatic N) is 1. The first kappa shape index (κ1) is 16.5. The molecule has 3 nitrogen and oxygen atoms in total. The smallest absolute Gasteiger partial charge is 0.317 e. The van der Waals surface area contributed by atoms with Crippen LogP contribution in [0.25, 0.3) is 10.1 Å². The van der Waals surface area contributed by atoms with Gasteiger partial charge in [0.15, 0.2) is 0 Å². The quantitative estimate of drug-likeness (QED) is 0.713. The highest BCUT2D eigenvalue weighted by Crippen LogP contribution is 2.25. The Morgan fingerprint density at radius 1 is 1.04 bits per heavy atom. The van der Waals surface area contributed by atoms with Gasteiger partial charge in [0.2, 0.25) is 0 Å². The Labute approximate surface area is 146 Å². The van der Waals surface area contributed by atoms with Gasteiger partial charge in [-0.05, 0) is 40.8 Å². The third kappa shape index (κ3) is 4.15. The standard InChI is InChI=1S/C20H22N2OS/c1-22(14-12-16-7-3-2-4-8-16)20(23)21-13-11-17-15-24-19-10-6-5-9-18(17)19/h2-10,15H,11-14H2,1H3,(H,21,23). The zero-order valence-electron chi connectivity index (χ0n) is 13.9. The predicted molar refractivity (Wildman–Crippen MR) is 102 cm³/mol. The van der Waals surface area contributed by atoms with Crippen LogP contribution in [0, 0.1) is 0 Å². The molecular weight excluding hydrogens is 316 g/mol. The van der Waals surface area contributed by atoms with E-state index in [1.807, 2.05) is 25.2 Å². The molecule has 0 saturated heterocycles. The Hall–Kier alpha value is -2.33. The Kier molecular flexibility index (Phi) is 5.49.